The van der Waals surface area contributed by atoms with E-state index in [0.29, 0.717) is 12.5 Å². The topological polar surface area (TPSA) is 83.3 Å². The minimum atomic E-state index is -0.0643. The molecule has 1 heterocycles. The van der Waals surface area contributed by atoms with Crippen molar-refractivity contribution in [2.24, 2.45) is 10.7 Å². The van der Waals surface area contributed by atoms with Gasteiger partial charge in [-0.15, -0.1) is 0 Å². The third-order valence-corrected chi connectivity index (χ3v) is 2.15. The Morgan fingerprint density at radius 2 is 2.50 bits per heavy atom. The number of hydrogen-bond donors (Lipinski definition) is 3. The number of aromatic amines is 1. The number of nitrogens with two attached hydrogens (primary N) is 1. The number of thiazole rings is 1. The Kier molecular flexibility index (Phi) is 3.70. The molecule has 14 heavy (non-hydrogen) atoms. The van der Waals surface area contributed by atoms with Gasteiger partial charge in [0.1, 0.15) is 0 Å². The van der Waals surface area contributed by atoms with Gasteiger partial charge >= 0.3 is 4.87 Å². The van der Waals surface area contributed by atoms with Crippen LogP contribution in [0.1, 0.15) is 19.5 Å². The quantitative estimate of drug-likeness (QED) is 0.498. The molecule has 0 radical (unpaired) electrons. The average Bonchev–Trinajstić information content (AvgIpc) is 2.47. The molecule has 6 heteroatoms. The first-order valence-corrected chi connectivity index (χ1v) is 5.19. The van der Waals surface area contributed by atoms with E-state index in [1.54, 1.807) is 5.38 Å². The summed E-state index contributed by atoms with van der Waals surface area (Å²) >= 11 is 1.13. The van der Waals surface area contributed by atoms with Gasteiger partial charge in [-0.05, 0) is 13.8 Å². The van der Waals surface area contributed by atoms with Crippen molar-refractivity contribution in [2.75, 3.05) is 0 Å². The maximum absolute atomic E-state index is 10.8. The maximum Gasteiger partial charge on any atom is 0.304 e. The molecule has 78 valence electrons. The Labute approximate surface area is 86.1 Å². The van der Waals surface area contributed by atoms with Crippen molar-refractivity contribution in [1.82, 2.24) is 10.3 Å². The lowest BCUT2D eigenvalue weighted by Crippen LogP contribution is -2.36. The fourth-order valence-corrected chi connectivity index (χ4v) is 1.48. The Balaban J connectivity index is 2.50. The second-order valence-electron chi connectivity index (χ2n) is 3.17. The van der Waals surface area contributed by atoms with Crippen LogP contribution in [0.3, 0.4) is 0 Å². The minimum Gasteiger partial charge on any atom is -0.370 e. The van der Waals surface area contributed by atoms with E-state index in [1.807, 2.05) is 13.8 Å². The number of nitrogens with zero attached hydrogens (tertiary/aromatic N) is 1. The fraction of sp³-hybridized carbons (Fsp3) is 0.500. The van der Waals surface area contributed by atoms with Crippen molar-refractivity contribution in [2.45, 2.75) is 26.4 Å². The van der Waals surface area contributed by atoms with Crippen molar-refractivity contribution in [3.8, 4) is 0 Å². The van der Waals surface area contributed by atoms with Crippen LogP contribution in [-0.2, 0) is 6.54 Å². The third-order valence-electron chi connectivity index (χ3n) is 1.43. The largest absolute Gasteiger partial charge is 0.370 e. The summed E-state index contributed by atoms with van der Waals surface area (Å²) in [5.41, 5.74) is 6.37. The summed E-state index contributed by atoms with van der Waals surface area (Å²) in [5, 5.41) is 4.70. The Morgan fingerprint density at radius 1 is 1.79 bits per heavy atom. The van der Waals surface area contributed by atoms with E-state index >= 15 is 0 Å². The molecule has 1 aromatic heterocycles. The van der Waals surface area contributed by atoms with E-state index < -0.39 is 0 Å². The SMILES string of the molecule is CC(C)NC(N)=NCc1csc(=O)[nH]1. The van der Waals surface area contributed by atoms with Gasteiger partial charge in [-0.3, -0.25) is 4.79 Å². The predicted molar refractivity (Wildman–Crippen MR) is 58.5 cm³/mol. The zero-order chi connectivity index (χ0) is 10.6. The highest BCUT2D eigenvalue weighted by atomic mass is 32.1. The molecule has 0 unspecified atom stereocenters. The van der Waals surface area contributed by atoms with Crippen molar-refractivity contribution in [3.63, 3.8) is 0 Å². The average molecular weight is 214 g/mol. The maximum atomic E-state index is 10.8. The molecule has 1 aromatic rings. The van der Waals surface area contributed by atoms with Crippen LogP contribution in [0.5, 0.6) is 0 Å². The lowest BCUT2D eigenvalue weighted by Gasteiger charge is -2.07. The van der Waals surface area contributed by atoms with Crippen LogP contribution >= 0.6 is 11.3 Å². The minimum absolute atomic E-state index is 0.0643. The number of rotatable bonds is 3. The van der Waals surface area contributed by atoms with Gasteiger partial charge in [-0.1, -0.05) is 11.3 Å². The van der Waals surface area contributed by atoms with Crippen LogP contribution in [0.15, 0.2) is 15.2 Å². The molecule has 0 amide bonds. The van der Waals surface area contributed by atoms with Gasteiger partial charge in [0.05, 0.1) is 12.2 Å². The molecule has 0 saturated heterocycles. The number of hydrogen-bond acceptors (Lipinski definition) is 3. The van der Waals surface area contributed by atoms with Crippen LogP contribution in [-0.4, -0.2) is 17.0 Å². The van der Waals surface area contributed by atoms with Crippen molar-refractivity contribution in [3.05, 3.63) is 20.7 Å². The molecular weight excluding hydrogens is 200 g/mol. The smallest absolute Gasteiger partial charge is 0.304 e. The first kappa shape index (κ1) is 10.8. The molecule has 1 rings (SSSR count). The highest BCUT2D eigenvalue weighted by molar-refractivity contribution is 7.07. The predicted octanol–water partition coefficient (Wildman–Crippen LogP) is 0.249. The highest BCUT2D eigenvalue weighted by Crippen LogP contribution is 1.96. The molecule has 5 nitrogen and oxygen atoms in total. The first-order valence-electron chi connectivity index (χ1n) is 4.31. The number of guanidine groups is 1. The lowest BCUT2D eigenvalue weighted by atomic mass is 10.4. The summed E-state index contributed by atoms with van der Waals surface area (Å²) in [5.74, 6) is 0.395. The number of aromatic nitrogens is 1. The van der Waals surface area contributed by atoms with Gasteiger partial charge in [-0.25, -0.2) is 4.99 Å². The summed E-state index contributed by atoms with van der Waals surface area (Å²) in [6.45, 7) is 4.37. The number of nitrogens with one attached hydrogen (secondary N) is 2. The van der Waals surface area contributed by atoms with Gasteiger partial charge in [0, 0.05) is 11.4 Å². The van der Waals surface area contributed by atoms with Gasteiger partial charge in [0.25, 0.3) is 0 Å². The van der Waals surface area contributed by atoms with Crippen molar-refractivity contribution in [1.29, 1.82) is 0 Å². The zero-order valence-corrected chi connectivity index (χ0v) is 9.02. The van der Waals surface area contributed by atoms with E-state index in [0.717, 1.165) is 17.0 Å². The Bertz CT molecular complexity index is 365. The molecular formula is C8H14N4OS. The molecule has 0 aromatic carbocycles. The Morgan fingerprint density at radius 3 is 3.00 bits per heavy atom. The van der Waals surface area contributed by atoms with E-state index in [1.165, 1.54) is 0 Å². The molecule has 4 N–H and O–H groups in total. The molecule has 0 bridgehead atoms. The normalized spacial score (nSPS) is 12.1. The van der Waals surface area contributed by atoms with Gasteiger partial charge < -0.3 is 16.0 Å². The third kappa shape index (κ3) is 3.61. The van der Waals surface area contributed by atoms with Gasteiger partial charge in [0.2, 0.25) is 0 Å². The molecule has 0 fully saturated rings. The van der Waals surface area contributed by atoms with E-state index in [9.17, 15) is 4.79 Å². The van der Waals surface area contributed by atoms with E-state index in [2.05, 4.69) is 15.3 Å². The first-order chi connectivity index (χ1) is 6.58. The fourth-order valence-electron chi connectivity index (χ4n) is 0.903. The van der Waals surface area contributed by atoms with Crippen molar-refractivity contribution < 1.29 is 0 Å². The monoisotopic (exact) mass is 214 g/mol. The number of H-pyrrole nitrogens is 1. The number of aliphatic imine (C=N–C) groups is 1. The van der Waals surface area contributed by atoms with Crippen LogP contribution in [0, 0.1) is 0 Å². The zero-order valence-electron chi connectivity index (χ0n) is 8.20. The summed E-state index contributed by atoms with van der Waals surface area (Å²) in [6, 6.07) is 0.264. The van der Waals surface area contributed by atoms with E-state index in [4.69, 9.17) is 5.73 Å². The molecule has 0 aliphatic rings. The van der Waals surface area contributed by atoms with Crippen LogP contribution in [0.2, 0.25) is 0 Å². The second kappa shape index (κ2) is 4.80. The molecule has 0 spiro atoms. The lowest BCUT2D eigenvalue weighted by molar-refractivity contribution is 0.723. The summed E-state index contributed by atoms with van der Waals surface area (Å²) < 4.78 is 0. The van der Waals surface area contributed by atoms with Crippen molar-refractivity contribution >= 4 is 17.3 Å². The van der Waals surface area contributed by atoms with E-state index in [-0.39, 0.29) is 10.9 Å². The molecule has 0 atom stereocenters. The molecule has 0 aliphatic carbocycles. The van der Waals surface area contributed by atoms with Gasteiger partial charge in [0.15, 0.2) is 5.96 Å². The Hall–Kier alpha value is -1.30. The standard InChI is InChI=1S/C8H14N4OS/c1-5(2)11-7(9)10-3-6-4-14-8(13)12-6/h4-5H,3H2,1-2H3,(H,12,13)(H3,9,10,11). The molecule has 0 saturated carbocycles. The summed E-state index contributed by atoms with van der Waals surface area (Å²) in [6.07, 6.45) is 0. The van der Waals surface area contributed by atoms with Crippen LogP contribution in [0.4, 0.5) is 0 Å². The van der Waals surface area contributed by atoms with Crippen LogP contribution in [0.25, 0.3) is 0 Å². The molecule has 0 aliphatic heterocycles. The van der Waals surface area contributed by atoms with Gasteiger partial charge in [-0.2, -0.15) is 0 Å². The second-order valence-corrected chi connectivity index (χ2v) is 4.02. The summed E-state index contributed by atoms with van der Waals surface area (Å²) in [4.78, 5) is 17.4. The summed E-state index contributed by atoms with van der Waals surface area (Å²) in [7, 11) is 0. The van der Waals surface area contributed by atoms with Crippen LogP contribution < -0.4 is 15.9 Å². The highest BCUT2D eigenvalue weighted by Gasteiger charge is 1.97.